The van der Waals surface area contributed by atoms with Crippen molar-refractivity contribution in [3.05, 3.63) is 107 Å². The first-order valence-corrected chi connectivity index (χ1v) is 14.9. The smallest absolute Gasteiger partial charge is 0.226 e. The number of aliphatic hydroxyl groups is 1. The van der Waals surface area contributed by atoms with Crippen molar-refractivity contribution in [3.8, 4) is 0 Å². The average molecular weight is 608 g/mol. The maximum Gasteiger partial charge on any atom is 0.226 e. The minimum atomic E-state index is -0.252. The molecule has 2 fully saturated rings. The van der Waals surface area contributed by atoms with Gasteiger partial charge in [0.1, 0.15) is 12.1 Å². The standard InChI is InChI=1S/C32H35ClFN3O2.C2H4.CH4O/c1-3-7-26(33)9-6-11-29-31(17-22-12-13-23(16-22)21-38)36-30(28(4-2)35-29)14-15-32(39)37-19-25(20-37)24-8-5-10-27(34)18-24;2*1-2/h3-10,14,18,21-23,25H,1,11-13,15-17,19-20H2,2H3;1-2H2;2H,1H3/b9-6-,26-7+,28-4+,30-14+;;. The van der Waals surface area contributed by atoms with Gasteiger partial charge in [-0.2, -0.15) is 0 Å². The molecule has 4 rings (SSSR count). The van der Waals surface area contributed by atoms with Gasteiger partial charge in [0.25, 0.3) is 0 Å². The number of nitrogens with zero attached hydrogens (tertiary/aromatic N) is 3. The maximum absolute atomic E-state index is 13.6. The van der Waals surface area contributed by atoms with E-state index < -0.39 is 0 Å². The molecule has 1 saturated heterocycles. The molecule has 0 bridgehead atoms. The van der Waals surface area contributed by atoms with Gasteiger partial charge in [-0.25, -0.2) is 14.4 Å². The van der Waals surface area contributed by atoms with Crippen molar-refractivity contribution in [2.75, 3.05) is 20.2 Å². The molecule has 2 heterocycles. The number of rotatable bonds is 10. The highest BCUT2D eigenvalue weighted by Gasteiger charge is 2.31. The fraction of sp³-hybridized carbons (Fsp3) is 0.371. The van der Waals surface area contributed by atoms with Crippen LogP contribution in [0.5, 0.6) is 0 Å². The Bertz CT molecular complexity index is 1420. The molecule has 1 amide bonds. The summed E-state index contributed by atoms with van der Waals surface area (Å²) in [6.07, 6.45) is 16.3. The molecule has 1 saturated carbocycles. The van der Waals surface area contributed by atoms with Gasteiger partial charge in [-0.3, -0.25) is 4.79 Å². The van der Waals surface area contributed by atoms with E-state index in [4.69, 9.17) is 26.7 Å². The molecule has 6 nitrogen and oxygen atoms in total. The lowest BCUT2D eigenvalue weighted by atomic mass is 9.91. The van der Waals surface area contributed by atoms with Crippen molar-refractivity contribution in [2.24, 2.45) is 11.8 Å². The van der Waals surface area contributed by atoms with Crippen LogP contribution in [0.3, 0.4) is 0 Å². The van der Waals surface area contributed by atoms with Crippen LogP contribution in [0.25, 0.3) is 12.2 Å². The first kappa shape index (κ1) is 35.5. The number of carbonyl (C=O) groups is 2. The minimum absolute atomic E-state index is 0.0216. The van der Waals surface area contributed by atoms with Gasteiger partial charge in [-0.1, -0.05) is 48.5 Å². The number of carbonyl (C=O) groups excluding carboxylic acids is 2. The van der Waals surface area contributed by atoms with Crippen LogP contribution in [-0.4, -0.2) is 52.4 Å². The molecule has 2 atom stereocenters. The molecular weight excluding hydrogens is 565 g/mol. The van der Waals surface area contributed by atoms with E-state index in [0.29, 0.717) is 35.8 Å². The molecule has 2 unspecified atom stereocenters. The van der Waals surface area contributed by atoms with E-state index in [1.165, 1.54) is 6.07 Å². The van der Waals surface area contributed by atoms with Crippen LogP contribution in [0.1, 0.15) is 55.5 Å². The van der Waals surface area contributed by atoms with Gasteiger partial charge in [-0.05, 0) is 74.4 Å². The van der Waals surface area contributed by atoms with Gasteiger partial charge in [0.15, 0.2) is 0 Å². The van der Waals surface area contributed by atoms with Gasteiger partial charge in [0.2, 0.25) is 5.91 Å². The Balaban J connectivity index is 0.00000155. The Morgan fingerprint density at radius 3 is 2.51 bits per heavy atom. The molecule has 1 N–H and O–H groups in total. The molecule has 43 heavy (non-hydrogen) atoms. The van der Waals surface area contributed by atoms with Crippen molar-refractivity contribution in [2.45, 2.75) is 51.4 Å². The summed E-state index contributed by atoms with van der Waals surface area (Å²) in [5.41, 5.74) is 2.71. The Hall–Kier alpha value is -3.68. The van der Waals surface area contributed by atoms with Crippen LogP contribution < -0.4 is 10.7 Å². The Morgan fingerprint density at radius 2 is 1.88 bits per heavy atom. The normalized spacial score (nSPS) is 19.3. The Kier molecular flexibility index (Phi) is 15.5. The van der Waals surface area contributed by atoms with Crippen LogP contribution in [0, 0.1) is 17.7 Å². The van der Waals surface area contributed by atoms with Crippen LogP contribution >= 0.6 is 11.6 Å². The molecule has 0 spiro atoms. The summed E-state index contributed by atoms with van der Waals surface area (Å²) in [7, 11) is 1.00. The topological polar surface area (TPSA) is 83.4 Å². The van der Waals surface area contributed by atoms with Gasteiger partial charge >= 0.3 is 0 Å². The average Bonchev–Trinajstić information content (AvgIpc) is 3.46. The van der Waals surface area contributed by atoms with Crippen molar-refractivity contribution >= 4 is 35.9 Å². The summed E-state index contributed by atoms with van der Waals surface area (Å²) in [6, 6.07) is 6.59. The highest BCUT2D eigenvalue weighted by molar-refractivity contribution is 6.31. The minimum Gasteiger partial charge on any atom is -0.400 e. The second-order valence-electron chi connectivity index (χ2n) is 10.3. The van der Waals surface area contributed by atoms with E-state index in [0.717, 1.165) is 61.4 Å². The van der Waals surface area contributed by atoms with Crippen LogP contribution in [0.15, 0.2) is 73.3 Å². The van der Waals surface area contributed by atoms with Gasteiger partial charge in [-0.15, -0.1) is 13.2 Å². The summed E-state index contributed by atoms with van der Waals surface area (Å²) < 4.78 is 13.6. The molecule has 1 aromatic heterocycles. The third-order valence-electron chi connectivity index (χ3n) is 7.53. The van der Waals surface area contributed by atoms with Gasteiger partial charge in [0.05, 0.1) is 22.1 Å². The van der Waals surface area contributed by atoms with Gasteiger partial charge < -0.3 is 14.8 Å². The van der Waals surface area contributed by atoms with Crippen molar-refractivity contribution in [1.29, 1.82) is 0 Å². The summed E-state index contributed by atoms with van der Waals surface area (Å²) in [5, 5.41) is 9.02. The number of benzene rings is 1. The summed E-state index contributed by atoms with van der Waals surface area (Å²) >= 11 is 6.17. The monoisotopic (exact) mass is 607 g/mol. The molecule has 8 heteroatoms. The molecule has 1 aliphatic heterocycles. The fourth-order valence-electron chi connectivity index (χ4n) is 5.34. The Labute approximate surface area is 259 Å². The van der Waals surface area contributed by atoms with Crippen LogP contribution in [0.4, 0.5) is 4.39 Å². The molecule has 230 valence electrons. The zero-order chi connectivity index (χ0) is 31.8. The lowest BCUT2D eigenvalue weighted by Gasteiger charge is -2.39. The number of hydrogen-bond donors (Lipinski definition) is 1. The predicted octanol–water partition coefficient (Wildman–Crippen LogP) is 5.19. The van der Waals surface area contributed by atoms with Crippen molar-refractivity contribution in [3.63, 3.8) is 0 Å². The van der Waals surface area contributed by atoms with Gasteiger partial charge in [0, 0.05) is 49.9 Å². The number of aldehydes is 1. The fourth-order valence-corrected chi connectivity index (χ4v) is 5.52. The first-order chi connectivity index (χ1) is 20.9. The highest BCUT2D eigenvalue weighted by Crippen LogP contribution is 2.32. The van der Waals surface area contributed by atoms with Crippen molar-refractivity contribution in [1.82, 2.24) is 14.9 Å². The van der Waals surface area contributed by atoms with Crippen LogP contribution in [0.2, 0.25) is 0 Å². The molecule has 1 aromatic carbocycles. The van der Waals surface area contributed by atoms with E-state index in [2.05, 4.69) is 19.7 Å². The zero-order valence-electron chi connectivity index (χ0n) is 25.2. The molecular formula is C35H43ClFN3O3. The summed E-state index contributed by atoms with van der Waals surface area (Å²) in [5.74, 6) is 0.438. The summed E-state index contributed by atoms with van der Waals surface area (Å²) in [6.45, 7) is 12.8. The number of allylic oxidation sites excluding steroid dienone is 5. The quantitative estimate of drug-likeness (QED) is 0.228. The third kappa shape index (κ3) is 10.5. The summed E-state index contributed by atoms with van der Waals surface area (Å²) in [4.78, 5) is 35.9. The Morgan fingerprint density at radius 1 is 1.16 bits per heavy atom. The lowest BCUT2D eigenvalue weighted by molar-refractivity contribution is -0.134. The van der Waals surface area contributed by atoms with E-state index in [9.17, 15) is 14.0 Å². The number of halogens is 2. The van der Waals surface area contributed by atoms with E-state index >= 15 is 0 Å². The molecule has 0 radical (unpaired) electrons. The number of likely N-dealkylation sites (tertiary alicyclic amines) is 1. The number of hydrogen-bond acceptors (Lipinski definition) is 5. The third-order valence-corrected chi connectivity index (χ3v) is 7.78. The zero-order valence-corrected chi connectivity index (χ0v) is 26.0. The van der Waals surface area contributed by atoms with Crippen LogP contribution in [-0.2, 0) is 22.4 Å². The predicted molar refractivity (Wildman–Crippen MR) is 173 cm³/mol. The first-order valence-electron chi connectivity index (χ1n) is 14.5. The van der Waals surface area contributed by atoms with E-state index in [1.807, 2.05) is 37.3 Å². The van der Waals surface area contributed by atoms with E-state index in [-0.39, 0.29) is 30.0 Å². The maximum atomic E-state index is 13.6. The number of amides is 1. The van der Waals surface area contributed by atoms with E-state index in [1.54, 1.807) is 29.2 Å². The number of aliphatic hydroxyl groups excluding tert-OH is 1. The lowest BCUT2D eigenvalue weighted by Crippen LogP contribution is -2.48. The highest BCUT2D eigenvalue weighted by atomic mass is 35.5. The molecule has 1 aliphatic carbocycles. The number of aromatic nitrogens is 2. The second-order valence-corrected chi connectivity index (χ2v) is 10.7. The largest absolute Gasteiger partial charge is 0.400 e. The second kappa shape index (κ2) is 18.8. The molecule has 2 aliphatic rings. The SMILES string of the molecule is C=C.C=C/C=C(Cl)\C=C/Cc1nc(=C/C)/c(=C\CC(=O)N2CC(c3cccc(F)c3)C2)nc1CC1CCC(C=O)C1.CO. The molecule has 2 aromatic rings. The van der Waals surface area contributed by atoms with Crippen molar-refractivity contribution < 1.29 is 19.1 Å².